The quantitative estimate of drug-likeness (QED) is 0.749. The van der Waals surface area contributed by atoms with Gasteiger partial charge >= 0.3 is 0 Å². The van der Waals surface area contributed by atoms with Gasteiger partial charge in [-0.05, 0) is 96.2 Å². The van der Waals surface area contributed by atoms with Crippen molar-refractivity contribution in [2.24, 2.45) is 0 Å². The lowest BCUT2D eigenvalue weighted by Gasteiger charge is -2.27. The van der Waals surface area contributed by atoms with E-state index in [0.29, 0.717) is 0 Å². The van der Waals surface area contributed by atoms with Crippen molar-refractivity contribution in [2.45, 2.75) is 38.5 Å². The molecule has 0 fully saturated rings. The fraction of sp³-hybridized carbons (Fsp3) is 0.364. The van der Waals surface area contributed by atoms with E-state index in [4.69, 9.17) is 9.47 Å². The van der Waals surface area contributed by atoms with Gasteiger partial charge in [0, 0.05) is 0 Å². The molecule has 0 aromatic heterocycles. The Morgan fingerprint density at radius 1 is 0.625 bits per heavy atom. The summed E-state index contributed by atoms with van der Waals surface area (Å²) in [6.45, 7) is 0. The van der Waals surface area contributed by atoms with Crippen molar-refractivity contribution in [1.29, 1.82) is 0 Å². The van der Waals surface area contributed by atoms with Gasteiger partial charge in [0.05, 0.1) is 14.2 Å². The lowest BCUT2D eigenvalue weighted by atomic mass is 9.78. The number of aryl methyl sites for hydroxylation is 2. The maximum Gasteiger partial charge on any atom is 0.119 e. The Hall–Kier alpha value is -2.22. The van der Waals surface area contributed by atoms with Crippen molar-refractivity contribution < 1.29 is 9.47 Å². The maximum absolute atomic E-state index is 5.41. The van der Waals surface area contributed by atoms with Crippen LogP contribution in [0.5, 0.6) is 11.5 Å². The van der Waals surface area contributed by atoms with E-state index in [0.717, 1.165) is 24.3 Å². The molecule has 0 amide bonds. The standard InChI is InChI=1S/C22H24O2/c1-23-17-9-11-19-15(13-17)5-3-7-21(19)22-8-4-6-16-14-18(24-2)10-12-20(16)22/h9-14H,3-8H2,1-2H3/b22-21+. The summed E-state index contributed by atoms with van der Waals surface area (Å²) in [6, 6.07) is 13.1. The molecule has 2 aromatic carbocycles. The van der Waals surface area contributed by atoms with Gasteiger partial charge in [0.1, 0.15) is 11.5 Å². The molecular formula is C22H24O2. The van der Waals surface area contributed by atoms with Gasteiger partial charge in [-0.3, -0.25) is 0 Å². The fourth-order valence-corrected chi connectivity index (χ4v) is 4.20. The summed E-state index contributed by atoms with van der Waals surface area (Å²) in [4.78, 5) is 0. The Morgan fingerprint density at radius 3 is 1.50 bits per heavy atom. The summed E-state index contributed by atoms with van der Waals surface area (Å²) < 4.78 is 10.8. The molecule has 0 N–H and O–H groups in total. The predicted molar refractivity (Wildman–Crippen MR) is 98.7 cm³/mol. The average Bonchev–Trinajstić information content (AvgIpc) is 2.66. The van der Waals surface area contributed by atoms with Crippen LogP contribution in [0.4, 0.5) is 0 Å². The first-order chi connectivity index (χ1) is 11.8. The normalized spacial score (nSPS) is 19.4. The van der Waals surface area contributed by atoms with Crippen molar-refractivity contribution in [3.05, 3.63) is 58.7 Å². The number of hydrogen-bond acceptors (Lipinski definition) is 2. The molecule has 2 heteroatoms. The summed E-state index contributed by atoms with van der Waals surface area (Å²) >= 11 is 0. The van der Waals surface area contributed by atoms with E-state index < -0.39 is 0 Å². The lowest BCUT2D eigenvalue weighted by molar-refractivity contribution is 0.414. The minimum atomic E-state index is 0.966. The highest BCUT2D eigenvalue weighted by atomic mass is 16.5. The predicted octanol–water partition coefficient (Wildman–Crippen LogP) is 5.29. The molecule has 0 saturated carbocycles. The number of benzene rings is 2. The Bertz CT molecular complexity index is 734. The number of ether oxygens (including phenoxy) is 2. The van der Waals surface area contributed by atoms with Crippen LogP contribution in [0.25, 0.3) is 11.1 Å². The minimum absolute atomic E-state index is 0.966. The summed E-state index contributed by atoms with van der Waals surface area (Å²) in [7, 11) is 3.49. The zero-order valence-electron chi connectivity index (χ0n) is 14.5. The molecule has 24 heavy (non-hydrogen) atoms. The second-order valence-electron chi connectivity index (χ2n) is 6.71. The van der Waals surface area contributed by atoms with Crippen LogP contribution in [0, 0.1) is 0 Å². The zero-order valence-corrected chi connectivity index (χ0v) is 14.5. The van der Waals surface area contributed by atoms with Gasteiger partial charge in [0.25, 0.3) is 0 Å². The van der Waals surface area contributed by atoms with Gasteiger partial charge in [-0.15, -0.1) is 0 Å². The molecule has 4 rings (SSSR count). The first-order valence-corrected chi connectivity index (χ1v) is 8.87. The van der Waals surface area contributed by atoms with E-state index in [2.05, 4.69) is 36.4 Å². The van der Waals surface area contributed by atoms with Crippen LogP contribution in [0.1, 0.15) is 47.9 Å². The zero-order chi connectivity index (χ0) is 16.5. The molecule has 0 saturated heterocycles. The highest BCUT2D eigenvalue weighted by Crippen LogP contribution is 2.43. The van der Waals surface area contributed by atoms with E-state index in [1.807, 2.05) is 0 Å². The van der Waals surface area contributed by atoms with Gasteiger partial charge in [0.2, 0.25) is 0 Å². The van der Waals surface area contributed by atoms with Gasteiger partial charge in [-0.2, -0.15) is 0 Å². The second-order valence-corrected chi connectivity index (χ2v) is 6.71. The number of fused-ring (bicyclic) bond motifs is 2. The highest BCUT2D eigenvalue weighted by molar-refractivity contribution is 5.94. The van der Waals surface area contributed by atoms with E-state index in [1.165, 1.54) is 47.9 Å². The molecule has 2 aromatic rings. The van der Waals surface area contributed by atoms with E-state index in [-0.39, 0.29) is 0 Å². The largest absolute Gasteiger partial charge is 0.497 e. The highest BCUT2D eigenvalue weighted by Gasteiger charge is 2.23. The topological polar surface area (TPSA) is 18.5 Å². The van der Waals surface area contributed by atoms with Gasteiger partial charge in [-0.25, -0.2) is 0 Å². The van der Waals surface area contributed by atoms with Crippen molar-refractivity contribution in [2.75, 3.05) is 14.2 Å². The fourth-order valence-electron chi connectivity index (χ4n) is 4.20. The number of allylic oxidation sites excluding steroid dienone is 2. The average molecular weight is 320 g/mol. The summed E-state index contributed by atoms with van der Waals surface area (Å²) in [5, 5.41) is 0. The molecule has 0 atom stereocenters. The molecule has 0 radical (unpaired) electrons. The number of methoxy groups -OCH3 is 2. The van der Waals surface area contributed by atoms with Crippen LogP contribution < -0.4 is 9.47 Å². The van der Waals surface area contributed by atoms with Crippen molar-refractivity contribution in [3.63, 3.8) is 0 Å². The molecule has 2 aliphatic carbocycles. The Balaban J connectivity index is 1.85. The van der Waals surface area contributed by atoms with Crippen molar-refractivity contribution in [1.82, 2.24) is 0 Å². The van der Waals surface area contributed by atoms with Crippen LogP contribution >= 0.6 is 0 Å². The third-order valence-corrected chi connectivity index (χ3v) is 5.39. The van der Waals surface area contributed by atoms with Crippen molar-refractivity contribution >= 4 is 11.1 Å². The minimum Gasteiger partial charge on any atom is -0.497 e. The van der Waals surface area contributed by atoms with Crippen LogP contribution in [0.2, 0.25) is 0 Å². The summed E-state index contributed by atoms with van der Waals surface area (Å²) in [6.07, 6.45) is 7.12. The molecule has 0 spiro atoms. The monoisotopic (exact) mass is 320 g/mol. The van der Waals surface area contributed by atoms with Crippen LogP contribution in [0.3, 0.4) is 0 Å². The van der Waals surface area contributed by atoms with E-state index >= 15 is 0 Å². The van der Waals surface area contributed by atoms with Gasteiger partial charge < -0.3 is 9.47 Å². The molecular weight excluding hydrogens is 296 g/mol. The van der Waals surface area contributed by atoms with Crippen LogP contribution in [0.15, 0.2) is 36.4 Å². The SMILES string of the molecule is COc1ccc2c(c1)CCC/C2=C1/CCCc2cc(OC)ccc21. The smallest absolute Gasteiger partial charge is 0.119 e. The van der Waals surface area contributed by atoms with Crippen molar-refractivity contribution in [3.8, 4) is 11.5 Å². The van der Waals surface area contributed by atoms with Crippen LogP contribution in [-0.2, 0) is 12.8 Å². The molecule has 0 heterocycles. The molecule has 2 aliphatic rings. The Morgan fingerprint density at radius 2 is 1.08 bits per heavy atom. The van der Waals surface area contributed by atoms with E-state index in [9.17, 15) is 0 Å². The third-order valence-electron chi connectivity index (χ3n) is 5.39. The van der Waals surface area contributed by atoms with Gasteiger partial charge in [-0.1, -0.05) is 12.1 Å². The Kier molecular flexibility index (Phi) is 4.05. The summed E-state index contributed by atoms with van der Waals surface area (Å²) in [5.74, 6) is 1.93. The van der Waals surface area contributed by atoms with E-state index in [1.54, 1.807) is 25.4 Å². The van der Waals surface area contributed by atoms with Gasteiger partial charge in [0.15, 0.2) is 0 Å². The van der Waals surface area contributed by atoms with Crippen LogP contribution in [-0.4, -0.2) is 14.2 Å². The first kappa shape index (κ1) is 15.3. The molecule has 0 unspecified atom stereocenters. The summed E-state index contributed by atoms with van der Waals surface area (Å²) in [5.41, 5.74) is 8.82. The molecule has 124 valence electrons. The number of rotatable bonds is 2. The lowest BCUT2D eigenvalue weighted by Crippen LogP contribution is -2.08. The number of hydrogen-bond donors (Lipinski definition) is 0. The Labute approximate surface area is 144 Å². The second kappa shape index (κ2) is 6.35. The molecule has 0 bridgehead atoms. The first-order valence-electron chi connectivity index (χ1n) is 8.87. The molecule has 0 aliphatic heterocycles. The maximum atomic E-state index is 5.41. The molecule has 2 nitrogen and oxygen atoms in total. The third kappa shape index (κ3) is 2.60.